The molecule has 2 aromatic rings. The van der Waals surface area contributed by atoms with Crippen LogP contribution in [-0.4, -0.2) is 29.7 Å². The van der Waals surface area contributed by atoms with Crippen molar-refractivity contribution in [1.82, 2.24) is 0 Å². The van der Waals surface area contributed by atoms with Crippen molar-refractivity contribution in [3.63, 3.8) is 0 Å². The summed E-state index contributed by atoms with van der Waals surface area (Å²) in [5.74, 6) is -0.349. The van der Waals surface area contributed by atoms with Crippen LogP contribution in [0.2, 0.25) is 0 Å². The van der Waals surface area contributed by atoms with E-state index in [4.69, 9.17) is 19.9 Å². The summed E-state index contributed by atoms with van der Waals surface area (Å²) in [6, 6.07) is 14.0. The Labute approximate surface area is 174 Å². The number of nitrogens with two attached hydrogens (primary N) is 1. The molecule has 0 spiro atoms. The number of anilines is 1. The van der Waals surface area contributed by atoms with Crippen molar-refractivity contribution in [3.05, 3.63) is 70.0 Å². The first kappa shape index (κ1) is 19.7. The van der Waals surface area contributed by atoms with Gasteiger partial charge in [0.05, 0.1) is 25.8 Å². The van der Waals surface area contributed by atoms with Crippen LogP contribution in [0.15, 0.2) is 58.8 Å². The number of nitriles is 1. The van der Waals surface area contributed by atoms with E-state index < -0.39 is 15.9 Å². The van der Waals surface area contributed by atoms with Gasteiger partial charge in [-0.1, -0.05) is 24.3 Å². The lowest BCUT2D eigenvalue weighted by molar-refractivity contribution is 0.345. The minimum atomic E-state index is -4.03. The molecule has 2 heterocycles. The lowest BCUT2D eigenvalue weighted by Gasteiger charge is -2.36. The van der Waals surface area contributed by atoms with Crippen LogP contribution >= 0.6 is 0 Å². The fourth-order valence-corrected chi connectivity index (χ4v) is 5.49. The van der Waals surface area contributed by atoms with Crippen molar-refractivity contribution in [2.75, 3.05) is 25.6 Å². The number of hydrogen-bond donors (Lipinski definition) is 1. The van der Waals surface area contributed by atoms with Gasteiger partial charge in [0.15, 0.2) is 17.3 Å². The Kier molecular flexibility index (Phi) is 4.59. The van der Waals surface area contributed by atoms with Gasteiger partial charge in [0.2, 0.25) is 5.88 Å². The lowest BCUT2D eigenvalue weighted by Crippen LogP contribution is -2.37. The van der Waals surface area contributed by atoms with Crippen molar-refractivity contribution < 1.29 is 22.6 Å². The molecule has 1 atom stereocenters. The minimum absolute atomic E-state index is 0.0170. The van der Waals surface area contributed by atoms with Gasteiger partial charge in [-0.25, -0.2) is 8.42 Å². The molecule has 0 saturated heterocycles. The van der Waals surface area contributed by atoms with E-state index in [1.165, 1.54) is 25.6 Å². The quantitative estimate of drug-likeness (QED) is 0.804. The molecule has 0 bridgehead atoms. The van der Waals surface area contributed by atoms with Gasteiger partial charge in [-0.05, 0) is 18.2 Å². The summed E-state index contributed by atoms with van der Waals surface area (Å²) < 4.78 is 44.9. The molecule has 4 rings (SSSR count). The number of nitrogens with zero attached hydrogens (tertiary/aromatic N) is 2. The molecule has 2 aromatic carbocycles. The molecule has 2 aliphatic heterocycles. The number of sulfonamides is 1. The van der Waals surface area contributed by atoms with Crippen LogP contribution in [0.25, 0.3) is 5.76 Å². The highest BCUT2D eigenvalue weighted by Crippen LogP contribution is 2.52. The summed E-state index contributed by atoms with van der Waals surface area (Å²) in [7, 11) is 0.360. The van der Waals surface area contributed by atoms with Crippen molar-refractivity contribution in [2.45, 2.75) is 5.92 Å². The zero-order valence-electron chi connectivity index (χ0n) is 16.5. The maximum atomic E-state index is 13.6. The third kappa shape index (κ3) is 2.61. The highest BCUT2D eigenvalue weighted by atomic mass is 32.2. The van der Waals surface area contributed by atoms with E-state index >= 15 is 0 Å². The fraction of sp³-hybridized carbons (Fsp3) is 0.190. The molecule has 154 valence electrons. The number of ether oxygens (including phenoxy) is 3. The van der Waals surface area contributed by atoms with E-state index in [-0.39, 0.29) is 22.1 Å². The van der Waals surface area contributed by atoms with Gasteiger partial charge in [0, 0.05) is 18.2 Å². The molecule has 0 fully saturated rings. The second-order valence-electron chi connectivity index (χ2n) is 6.69. The number of rotatable bonds is 3. The van der Waals surface area contributed by atoms with Crippen LogP contribution in [-0.2, 0) is 14.8 Å². The van der Waals surface area contributed by atoms with Crippen LogP contribution in [0, 0.1) is 11.3 Å². The summed E-state index contributed by atoms with van der Waals surface area (Å²) in [6.45, 7) is 0. The smallest absolute Gasteiger partial charge is 0.264 e. The van der Waals surface area contributed by atoms with Gasteiger partial charge in [0.1, 0.15) is 16.5 Å². The Morgan fingerprint density at radius 1 is 1.13 bits per heavy atom. The van der Waals surface area contributed by atoms with Gasteiger partial charge >= 0.3 is 0 Å². The molecular weight excluding hydrogens is 406 g/mol. The molecule has 0 radical (unpaired) electrons. The molecule has 0 aromatic heterocycles. The van der Waals surface area contributed by atoms with E-state index in [9.17, 15) is 13.7 Å². The number of para-hydroxylation sites is 2. The molecule has 9 heteroatoms. The summed E-state index contributed by atoms with van der Waals surface area (Å²) in [6.07, 6.45) is 0. The number of benzene rings is 2. The first-order valence-electron chi connectivity index (χ1n) is 8.97. The zero-order valence-corrected chi connectivity index (χ0v) is 17.4. The normalized spacial score (nSPS) is 19.4. The second-order valence-corrected chi connectivity index (χ2v) is 8.63. The first-order valence-corrected chi connectivity index (χ1v) is 10.4. The molecule has 0 saturated carbocycles. The van der Waals surface area contributed by atoms with Crippen molar-refractivity contribution in [1.29, 1.82) is 5.26 Å². The Balaban J connectivity index is 2.11. The average Bonchev–Trinajstić information content (AvgIpc) is 2.76. The number of allylic oxidation sites excluding steroid dienone is 2. The van der Waals surface area contributed by atoms with E-state index in [0.717, 1.165) is 0 Å². The number of methoxy groups -OCH3 is 2. The van der Waals surface area contributed by atoms with Crippen LogP contribution in [0.1, 0.15) is 17.0 Å². The molecule has 2 aliphatic rings. The maximum absolute atomic E-state index is 13.6. The van der Waals surface area contributed by atoms with Crippen LogP contribution in [0.3, 0.4) is 0 Å². The zero-order chi connectivity index (χ0) is 21.6. The molecule has 8 nitrogen and oxygen atoms in total. The number of hydrogen-bond acceptors (Lipinski definition) is 7. The lowest BCUT2D eigenvalue weighted by atomic mass is 9.87. The Morgan fingerprint density at radius 3 is 2.53 bits per heavy atom. The van der Waals surface area contributed by atoms with Gasteiger partial charge in [-0.3, -0.25) is 4.31 Å². The van der Waals surface area contributed by atoms with Crippen molar-refractivity contribution >= 4 is 21.5 Å². The van der Waals surface area contributed by atoms with E-state index in [1.807, 2.05) is 6.07 Å². The van der Waals surface area contributed by atoms with E-state index in [1.54, 1.807) is 42.5 Å². The third-order valence-electron chi connectivity index (χ3n) is 5.24. The molecular formula is C21H19N3O5S. The molecule has 30 heavy (non-hydrogen) atoms. The topological polar surface area (TPSA) is 115 Å². The Bertz CT molecular complexity index is 1260. The van der Waals surface area contributed by atoms with Crippen LogP contribution in [0.5, 0.6) is 11.5 Å². The SMILES string of the molecule is COc1cccc([C@@H]2C(C#N)=C(N)OC3=C2S(=O)(=O)N(C)c2ccccc23)c1OC. The summed E-state index contributed by atoms with van der Waals surface area (Å²) in [5, 5.41) is 9.83. The van der Waals surface area contributed by atoms with E-state index in [0.29, 0.717) is 28.3 Å². The molecule has 0 amide bonds. The molecule has 0 aliphatic carbocycles. The molecule has 2 N–H and O–H groups in total. The van der Waals surface area contributed by atoms with Gasteiger partial charge < -0.3 is 19.9 Å². The largest absolute Gasteiger partial charge is 0.493 e. The second kappa shape index (κ2) is 7.00. The first-order chi connectivity index (χ1) is 14.4. The fourth-order valence-electron chi connectivity index (χ4n) is 3.85. The van der Waals surface area contributed by atoms with Gasteiger partial charge in [-0.2, -0.15) is 5.26 Å². The summed E-state index contributed by atoms with van der Waals surface area (Å²) >= 11 is 0. The summed E-state index contributed by atoms with van der Waals surface area (Å²) in [5.41, 5.74) is 7.53. The van der Waals surface area contributed by atoms with Crippen LogP contribution in [0.4, 0.5) is 5.69 Å². The predicted octanol–water partition coefficient (Wildman–Crippen LogP) is 2.66. The number of fused-ring (bicyclic) bond motifs is 2. The van der Waals surface area contributed by atoms with Gasteiger partial charge in [-0.15, -0.1) is 0 Å². The maximum Gasteiger partial charge on any atom is 0.264 e. The Morgan fingerprint density at radius 2 is 1.87 bits per heavy atom. The van der Waals surface area contributed by atoms with Crippen molar-refractivity contribution in [3.8, 4) is 17.6 Å². The monoisotopic (exact) mass is 425 g/mol. The summed E-state index contributed by atoms with van der Waals surface area (Å²) in [4.78, 5) is -0.0685. The van der Waals surface area contributed by atoms with Crippen molar-refractivity contribution in [2.24, 2.45) is 5.73 Å². The third-order valence-corrected chi connectivity index (χ3v) is 7.14. The van der Waals surface area contributed by atoms with Gasteiger partial charge in [0.25, 0.3) is 10.0 Å². The van der Waals surface area contributed by atoms with Crippen LogP contribution < -0.4 is 19.5 Å². The highest BCUT2D eigenvalue weighted by molar-refractivity contribution is 7.96. The minimum Gasteiger partial charge on any atom is -0.493 e. The predicted molar refractivity (Wildman–Crippen MR) is 111 cm³/mol. The van der Waals surface area contributed by atoms with E-state index in [2.05, 4.69) is 0 Å². The average molecular weight is 425 g/mol. The standard InChI is InChI=1S/C21H19N3O5S/c1-24-15-9-5-4-7-12(15)19-20(30(24,25)26)17(14(11-22)21(23)29-19)13-8-6-10-16(27-2)18(13)28-3/h4-10,17H,23H2,1-3H3/t17-/m1/s1. The molecule has 0 unspecified atom stereocenters. The Hall–Kier alpha value is -3.64. The highest BCUT2D eigenvalue weighted by Gasteiger charge is 2.47.